The number of nitrogens with one attached hydrogen (secondary N) is 2. The van der Waals surface area contributed by atoms with Gasteiger partial charge in [-0.05, 0) is 42.0 Å². The molecule has 3 aromatic rings. The van der Waals surface area contributed by atoms with Crippen LogP contribution in [0.1, 0.15) is 15.9 Å². The molecular weight excluding hydrogens is 374 g/mol. The van der Waals surface area contributed by atoms with Crippen molar-refractivity contribution in [3.63, 3.8) is 0 Å². The second-order valence-corrected chi connectivity index (χ2v) is 6.49. The van der Waals surface area contributed by atoms with Gasteiger partial charge in [0.15, 0.2) is 23.0 Å². The van der Waals surface area contributed by atoms with Gasteiger partial charge in [-0.2, -0.15) is 0 Å². The van der Waals surface area contributed by atoms with Crippen molar-refractivity contribution >= 4 is 17.4 Å². The van der Waals surface area contributed by atoms with Gasteiger partial charge in [0.25, 0.3) is 5.91 Å². The highest BCUT2D eigenvalue weighted by atomic mass is 16.7. The fraction of sp³-hybridized carbons (Fsp3) is 0.143. The van der Waals surface area contributed by atoms with Crippen LogP contribution in [-0.2, 0) is 6.54 Å². The highest BCUT2D eigenvalue weighted by molar-refractivity contribution is 6.04. The van der Waals surface area contributed by atoms with Crippen LogP contribution in [-0.4, -0.2) is 24.5 Å². The Labute approximate surface area is 166 Å². The van der Waals surface area contributed by atoms with Crippen molar-refractivity contribution in [3.05, 3.63) is 65.9 Å². The number of pyridine rings is 1. The van der Waals surface area contributed by atoms with E-state index in [4.69, 9.17) is 18.9 Å². The summed E-state index contributed by atoms with van der Waals surface area (Å²) in [6, 6.07) is 14.4. The van der Waals surface area contributed by atoms with Gasteiger partial charge in [-0.3, -0.25) is 4.79 Å². The number of amides is 1. The normalized spacial score (nSPS) is 13.2. The van der Waals surface area contributed by atoms with E-state index < -0.39 is 0 Å². The summed E-state index contributed by atoms with van der Waals surface area (Å²) in [5.41, 5.74) is 2.14. The number of benzene rings is 2. The second kappa shape index (κ2) is 7.23. The second-order valence-electron chi connectivity index (χ2n) is 6.49. The SMILES string of the molecule is O=C(Nc1ccc2c(c1)OCO2)c1ccnc(NCc2ccc3c(c2)OCO3)c1. The zero-order valence-corrected chi connectivity index (χ0v) is 15.3. The molecule has 3 heterocycles. The van der Waals surface area contributed by atoms with E-state index in [0.29, 0.717) is 35.1 Å². The zero-order chi connectivity index (χ0) is 19.6. The number of carbonyl (C=O) groups excluding carboxylic acids is 1. The van der Waals surface area contributed by atoms with Crippen LogP contribution >= 0.6 is 0 Å². The molecule has 2 aliphatic heterocycles. The number of nitrogens with zero attached hydrogens (tertiary/aromatic N) is 1. The molecule has 0 aliphatic carbocycles. The van der Waals surface area contributed by atoms with Crippen LogP contribution in [0.3, 0.4) is 0 Å². The maximum Gasteiger partial charge on any atom is 0.255 e. The number of ether oxygens (including phenoxy) is 4. The third-order valence-electron chi connectivity index (χ3n) is 4.56. The summed E-state index contributed by atoms with van der Waals surface area (Å²) in [6.07, 6.45) is 1.59. The number of carbonyl (C=O) groups is 1. The summed E-state index contributed by atoms with van der Waals surface area (Å²) >= 11 is 0. The van der Waals surface area contributed by atoms with Crippen LogP contribution < -0.4 is 29.6 Å². The Morgan fingerprint density at radius 2 is 1.59 bits per heavy atom. The molecule has 0 atom stereocenters. The Hall–Kier alpha value is -3.94. The van der Waals surface area contributed by atoms with Crippen LogP contribution in [0.5, 0.6) is 23.0 Å². The van der Waals surface area contributed by atoms with E-state index in [2.05, 4.69) is 15.6 Å². The van der Waals surface area contributed by atoms with Crippen LogP contribution in [0.15, 0.2) is 54.7 Å². The Morgan fingerprint density at radius 1 is 0.862 bits per heavy atom. The lowest BCUT2D eigenvalue weighted by molar-refractivity contribution is 0.102. The van der Waals surface area contributed by atoms with Gasteiger partial charge in [-0.25, -0.2) is 4.98 Å². The van der Waals surface area contributed by atoms with Crippen LogP contribution in [0.4, 0.5) is 11.5 Å². The molecule has 0 unspecified atom stereocenters. The molecule has 8 heteroatoms. The highest BCUT2D eigenvalue weighted by Gasteiger charge is 2.15. The van der Waals surface area contributed by atoms with E-state index in [0.717, 1.165) is 17.1 Å². The van der Waals surface area contributed by atoms with Gasteiger partial charge in [0.05, 0.1) is 0 Å². The fourth-order valence-corrected chi connectivity index (χ4v) is 3.09. The monoisotopic (exact) mass is 391 g/mol. The molecule has 5 rings (SSSR count). The minimum absolute atomic E-state index is 0.190. The minimum atomic E-state index is -0.239. The Kier molecular flexibility index (Phi) is 4.28. The van der Waals surface area contributed by atoms with Crippen molar-refractivity contribution in [2.24, 2.45) is 0 Å². The van der Waals surface area contributed by atoms with Gasteiger partial charge in [0, 0.05) is 30.1 Å². The lowest BCUT2D eigenvalue weighted by Crippen LogP contribution is -2.12. The van der Waals surface area contributed by atoms with Crippen molar-refractivity contribution in [2.75, 3.05) is 24.2 Å². The smallest absolute Gasteiger partial charge is 0.255 e. The molecule has 0 saturated carbocycles. The first-order chi connectivity index (χ1) is 14.2. The third kappa shape index (κ3) is 3.60. The summed E-state index contributed by atoms with van der Waals surface area (Å²) in [5.74, 6) is 3.12. The molecule has 0 fully saturated rings. The quantitative estimate of drug-likeness (QED) is 0.689. The zero-order valence-electron chi connectivity index (χ0n) is 15.3. The van der Waals surface area contributed by atoms with E-state index >= 15 is 0 Å². The molecule has 1 amide bonds. The summed E-state index contributed by atoms with van der Waals surface area (Å²) in [5, 5.41) is 6.08. The topological polar surface area (TPSA) is 90.9 Å². The molecular formula is C21H17N3O5. The standard InChI is InChI=1S/C21H17N3O5/c25-21(24-15-2-4-17-19(9-15)29-12-27-17)14-5-6-22-20(8-14)23-10-13-1-3-16-18(7-13)28-11-26-16/h1-9H,10-12H2,(H,22,23)(H,24,25). The average molecular weight is 391 g/mol. The van der Waals surface area contributed by atoms with E-state index in [1.807, 2.05) is 18.2 Å². The van der Waals surface area contributed by atoms with Crippen LogP contribution in [0, 0.1) is 0 Å². The number of fused-ring (bicyclic) bond motifs is 2. The first-order valence-corrected chi connectivity index (χ1v) is 9.04. The largest absolute Gasteiger partial charge is 0.454 e. The molecule has 1 aromatic heterocycles. The third-order valence-corrected chi connectivity index (χ3v) is 4.56. The minimum Gasteiger partial charge on any atom is -0.454 e. The summed E-state index contributed by atoms with van der Waals surface area (Å²) < 4.78 is 21.3. The van der Waals surface area contributed by atoms with Gasteiger partial charge in [-0.15, -0.1) is 0 Å². The molecule has 8 nitrogen and oxygen atoms in total. The Morgan fingerprint density at radius 3 is 2.41 bits per heavy atom. The lowest BCUT2D eigenvalue weighted by atomic mass is 10.2. The molecule has 146 valence electrons. The first kappa shape index (κ1) is 17.2. The number of anilines is 2. The van der Waals surface area contributed by atoms with E-state index in [1.54, 1.807) is 36.5 Å². The molecule has 2 aromatic carbocycles. The molecule has 2 N–H and O–H groups in total. The van der Waals surface area contributed by atoms with Gasteiger partial charge >= 0.3 is 0 Å². The number of rotatable bonds is 5. The fourth-order valence-electron chi connectivity index (χ4n) is 3.09. The van der Waals surface area contributed by atoms with Crippen molar-refractivity contribution in [1.82, 2.24) is 4.98 Å². The van der Waals surface area contributed by atoms with Crippen molar-refractivity contribution in [1.29, 1.82) is 0 Å². The molecule has 0 spiro atoms. The maximum atomic E-state index is 12.6. The Balaban J connectivity index is 1.25. The van der Waals surface area contributed by atoms with Gasteiger partial charge in [0.1, 0.15) is 5.82 Å². The number of aromatic nitrogens is 1. The van der Waals surface area contributed by atoms with Gasteiger partial charge in [-0.1, -0.05) is 6.07 Å². The van der Waals surface area contributed by atoms with Crippen LogP contribution in [0.2, 0.25) is 0 Å². The average Bonchev–Trinajstić information content (AvgIpc) is 3.41. The van der Waals surface area contributed by atoms with Crippen molar-refractivity contribution < 1.29 is 23.7 Å². The Bertz CT molecular complexity index is 1090. The van der Waals surface area contributed by atoms with E-state index in [9.17, 15) is 4.79 Å². The molecule has 0 saturated heterocycles. The van der Waals surface area contributed by atoms with Crippen LogP contribution in [0.25, 0.3) is 0 Å². The van der Waals surface area contributed by atoms with E-state index in [1.165, 1.54) is 0 Å². The number of hydrogen-bond donors (Lipinski definition) is 2. The highest BCUT2D eigenvalue weighted by Crippen LogP contribution is 2.34. The summed E-state index contributed by atoms with van der Waals surface area (Å²) in [7, 11) is 0. The van der Waals surface area contributed by atoms with Crippen molar-refractivity contribution in [3.8, 4) is 23.0 Å². The molecule has 0 radical (unpaired) electrons. The first-order valence-electron chi connectivity index (χ1n) is 9.04. The predicted octanol–water partition coefficient (Wildman–Crippen LogP) is 3.40. The predicted molar refractivity (Wildman–Crippen MR) is 105 cm³/mol. The molecule has 0 bridgehead atoms. The molecule has 2 aliphatic rings. The van der Waals surface area contributed by atoms with E-state index in [-0.39, 0.29) is 19.5 Å². The summed E-state index contributed by atoms with van der Waals surface area (Å²) in [6.45, 7) is 0.973. The maximum absolute atomic E-state index is 12.6. The van der Waals surface area contributed by atoms with Gasteiger partial charge in [0.2, 0.25) is 13.6 Å². The summed E-state index contributed by atoms with van der Waals surface area (Å²) in [4.78, 5) is 16.9. The van der Waals surface area contributed by atoms with Crippen molar-refractivity contribution in [2.45, 2.75) is 6.54 Å². The van der Waals surface area contributed by atoms with Gasteiger partial charge < -0.3 is 29.6 Å². The molecule has 29 heavy (non-hydrogen) atoms. The number of hydrogen-bond acceptors (Lipinski definition) is 7. The lowest BCUT2D eigenvalue weighted by Gasteiger charge is -2.09.